The molecular weight excluding hydrogens is 282 g/mol. The van der Waals surface area contributed by atoms with Gasteiger partial charge in [0.15, 0.2) is 0 Å². The fourth-order valence-corrected chi connectivity index (χ4v) is 2.46. The third-order valence-electron chi connectivity index (χ3n) is 2.67. The predicted octanol–water partition coefficient (Wildman–Crippen LogP) is 3.24. The number of nitro benzene ring substituents is 1. The number of benzene rings is 1. The summed E-state index contributed by atoms with van der Waals surface area (Å²) < 4.78 is 5.49. The molecule has 0 saturated carbocycles. The van der Waals surface area contributed by atoms with E-state index in [0.717, 1.165) is 10.4 Å². The van der Waals surface area contributed by atoms with Crippen LogP contribution in [0.4, 0.5) is 5.69 Å². The van der Waals surface area contributed by atoms with Crippen molar-refractivity contribution in [3.05, 3.63) is 55.8 Å². The van der Waals surface area contributed by atoms with Crippen LogP contribution in [0.5, 0.6) is 5.75 Å². The lowest BCUT2D eigenvalue weighted by Gasteiger charge is -2.05. The zero-order valence-corrected chi connectivity index (χ0v) is 11.3. The Bertz CT molecular complexity index is 647. The van der Waals surface area contributed by atoms with Crippen molar-refractivity contribution in [1.29, 1.82) is 0 Å². The van der Waals surface area contributed by atoms with Crippen LogP contribution in [0.15, 0.2) is 30.3 Å². The van der Waals surface area contributed by atoms with Crippen molar-refractivity contribution in [1.82, 2.24) is 0 Å². The number of rotatable bonds is 5. The number of thiophene rings is 1. The van der Waals surface area contributed by atoms with Crippen molar-refractivity contribution < 1.29 is 19.6 Å². The van der Waals surface area contributed by atoms with Gasteiger partial charge in [-0.05, 0) is 25.1 Å². The van der Waals surface area contributed by atoms with Gasteiger partial charge in [-0.3, -0.25) is 10.1 Å². The first kappa shape index (κ1) is 14.0. The van der Waals surface area contributed by atoms with Crippen LogP contribution in [-0.2, 0) is 6.61 Å². The maximum absolute atomic E-state index is 10.8. The van der Waals surface area contributed by atoms with E-state index >= 15 is 0 Å². The quantitative estimate of drug-likeness (QED) is 0.675. The molecule has 0 aliphatic heterocycles. The number of carboxylic acid groups (broad SMARTS) is 1. The zero-order valence-electron chi connectivity index (χ0n) is 10.5. The predicted molar refractivity (Wildman–Crippen MR) is 73.4 cm³/mol. The van der Waals surface area contributed by atoms with Crippen molar-refractivity contribution >= 4 is 23.0 Å². The molecule has 2 aromatic rings. The lowest BCUT2D eigenvalue weighted by Crippen LogP contribution is -1.96. The van der Waals surface area contributed by atoms with E-state index in [2.05, 4.69) is 0 Å². The van der Waals surface area contributed by atoms with Gasteiger partial charge in [0, 0.05) is 22.6 Å². The van der Waals surface area contributed by atoms with E-state index in [1.54, 1.807) is 6.07 Å². The van der Waals surface area contributed by atoms with Crippen molar-refractivity contribution in [2.45, 2.75) is 13.5 Å². The largest absolute Gasteiger partial charge is 0.489 e. The van der Waals surface area contributed by atoms with Crippen molar-refractivity contribution in [3.8, 4) is 5.75 Å². The first-order valence-electron chi connectivity index (χ1n) is 5.67. The molecule has 20 heavy (non-hydrogen) atoms. The second-order valence-electron chi connectivity index (χ2n) is 4.04. The molecule has 0 atom stereocenters. The van der Waals surface area contributed by atoms with Gasteiger partial charge in [0.1, 0.15) is 17.2 Å². The van der Waals surface area contributed by atoms with Gasteiger partial charge in [-0.15, -0.1) is 11.3 Å². The second-order valence-corrected chi connectivity index (χ2v) is 5.29. The number of nitrogens with zero attached hydrogens (tertiary/aromatic N) is 1. The highest BCUT2D eigenvalue weighted by atomic mass is 32.1. The molecular formula is C13H11NO5S. The van der Waals surface area contributed by atoms with Gasteiger partial charge in [0.25, 0.3) is 5.69 Å². The summed E-state index contributed by atoms with van der Waals surface area (Å²) in [6, 6.07) is 7.32. The Hall–Kier alpha value is -2.41. The van der Waals surface area contributed by atoms with Crippen LogP contribution in [0.2, 0.25) is 0 Å². The maximum Gasteiger partial charge on any atom is 0.345 e. The van der Waals surface area contributed by atoms with E-state index < -0.39 is 10.9 Å². The summed E-state index contributed by atoms with van der Waals surface area (Å²) in [5.41, 5.74) is 0.794. The summed E-state index contributed by atoms with van der Waals surface area (Å²) >= 11 is 1.20. The van der Waals surface area contributed by atoms with Crippen LogP contribution in [-0.4, -0.2) is 16.0 Å². The minimum Gasteiger partial charge on any atom is -0.489 e. The molecule has 0 unspecified atom stereocenters. The highest BCUT2D eigenvalue weighted by Crippen LogP contribution is 2.24. The van der Waals surface area contributed by atoms with E-state index in [1.807, 2.05) is 6.92 Å². The van der Waals surface area contributed by atoms with E-state index in [4.69, 9.17) is 9.84 Å². The number of nitro groups is 1. The van der Waals surface area contributed by atoms with Crippen LogP contribution in [0.3, 0.4) is 0 Å². The molecule has 0 aliphatic rings. The molecule has 0 spiro atoms. The summed E-state index contributed by atoms with van der Waals surface area (Å²) in [7, 11) is 0. The van der Waals surface area contributed by atoms with Crippen molar-refractivity contribution in [2.75, 3.05) is 0 Å². The van der Waals surface area contributed by atoms with E-state index in [9.17, 15) is 14.9 Å². The number of aryl methyl sites for hydroxylation is 1. The van der Waals surface area contributed by atoms with Gasteiger partial charge >= 0.3 is 5.97 Å². The Morgan fingerprint density at radius 2 is 2.05 bits per heavy atom. The molecule has 0 bridgehead atoms. The third kappa shape index (κ3) is 3.12. The van der Waals surface area contributed by atoms with Crippen LogP contribution in [0.25, 0.3) is 0 Å². The highest BCUT2D eigenvalue weighted by Gasteiger charge is 2.11. The standard InChI is InChI=1S/C13H11NO5S/c1-8-9(6-12(20-8)13(15)16)7-19-11-4-2-10(3-5-11)14(17)18/h2-6H,7H2,1H3,(H,15,16). The minimum absolute atomic E-state index is 0.00257. The zero-order chi connectivity index (χ0) is 14.7. The molecule has 0 saturated heterocycles. The molecule has 6 nitrogen and oxygen atoms in total. The number of carbonyl (C=O) groups is 1. The third-order valence-corrected chi connectivity index (χ3v) is 3.75. The SMILES string of the molecule is Cc1sc(C(=O)O)cc1COc1ccc([N+](=O)[O-])cc1. The molecule has 104 valence electrons. The molecule has 1 aromatic carbocycles. The molecule has 0 fully saturated rings. The number of aromatic carboxylic acids is 1. The fourth-order valence-electron chi connectivity index (χ4n) is 1.59. The van der Waals surface area contributed by atoms with Crippen LogP contribution in [0, 0.1) is 17.0 Å². The van der Waals surface area contributed by atoms with Gasteiger partial charge in [0.2, 0.25) is 0 Å². The van der Waals surface area contributed by atoms with Gasteiger partial charge in [-0.2, -0.15) is 0 Å². The second kappa shape index (κ2) is 5.70. The number of carboxylic acids is 1. The van der Waals surface area contributed by atoms with Gasteiger partial charge in [0.05, 0.1) is 4.92 Å². The van der Waals surface area contributed by atoms with E-state index in [1.165, 1.54) is 35.6 Å². The molecule has 0 amide bonds. The van der Waals surface area contributed by atoms with Crippen molar-refractivity contribution in [2.24, 2.45) is 0 Å². The molecule has 1 heterocycles. The smallest absolute Gasteiger partial charge is 0.345 e. The Balaban J connectivity index is 2.05. The summed E-state index contributed by atoms with van der Waals surface area (Å²) in [4.78, 5) is 22.0. The Morgan fingerprint density at radius 1 is 1.40 bits per heavy atom. The Morgan fingerprint density at radius 3 is 2.55 bits per heavy atom. The topological polar surface area (TPSA) is 89.7 Å². The normalized spacial score (nSPS) is 10.2. The Labute approximate surface area is 118 Å². The molecule has 1 aromatic heterocycles. The average molecular weight is 293 g/mol. The summed E-state index contributed by atoms with van der Waals surface area (Å²) in [5, 5.41) is 19.4. The van der Waals surface area contributed by atoms with Gasteiger partial charge < -0.3 is 9.84 Å². The molecule has 1 N–H and O–H groups in total. The van der Waals surface area contributed by atoms with E-state index in [0.29, 0.717) is 5.75 Å². The molecule has 0 aliphatic carbocycles. The van der Waals surface area contributed by atoms with Crippen LogP contribution >= 0.6 is 11.3 Å². The van der Waals surface area contributed by atoms with E-state index in [-0.39, 0.29) is 17.2 Å². The molecule has 2 rings (SSSR count). The first-order valence-corrected chi connectivity index (χ1v) is 6.49. The monoisotopic (exact) mass is 293 g/mol. The number of hydrogen-bond acceptors (Lipinski definition) is 5. The molecule has 0 radical (unpaired) electrons. The number of ether oxygens (including phenoxy) is 1. The van der Waals surface area contributed by atoms with Crippen LogP contribution in [0.1, 0.15) is 20.1 Å². The first-order chi connectivity index (χ1) is 9.47. The lowest BCUT2D eigenvalue weighted by atomic mass is 10.2. The number of non-ortho nitro benzene ring substituents is 1. The lowest BCUT2D eigenvalue weighted by molar-refractivity contribution is -0.384. The summed E-state index contributed by atoms with van der Waals surface area (Å²) in [5.74, 6) is -0.460. The van der Waals surface area contributed by atoms with Crippen molar-refractivity contribution in [3.63, 3.8) is 0 Å². The number of hydrogen-bond donors (Lipinski definition) is 1. The maximum atomic E-state index is 10.8. The highest BCUT2D eigenvalue weighted by molar-refractivity contribution is 7.14. The average Bonchev–Trinajstić information content (AvgIpc) is 2.78. The minimum atomic E-state index is -0.959. The van der Waals surface area contributed by atoms with Crippen LogP contribution < -0.4 is 4.74 Å². The Kier molecular flexibility index (Phi) is 3.99. The summed E-state index contributed by atoms with van der Waals surface area (Å²) in [6.45, 7) is 2.05. The molecule has 7 heteroatoms. The fraction of sp³-hybridized carbons (Fsp3) is 0.154. The summed E-state index contributed by atoms with van der Waals surface area (Å²) in [6.07, 6.45) is 0. The van der Waals surface area contributed by atoms with Gasteiger partial charge in [-0.25, -0.2) is 4.79 Å². The van der Waals surface area contributed by atoms with Gasteiger partial charge in [-0.1, -0.05) is 0 Å².